The second-order valence-electron chi connectivity index (χ2n) is 3.40. The van der Waals surface area contributed by atoms with Crippen molar-refractivity contribution in [3.05, 3.63) is 85.1 Å². The van der Waals surface area contributed by atoms with Crippen LogP contribution >= 0.6 is 0 Å². The highest BCUT2D eigenvalue weighted by Crippen LogP contribution is 2.08. The SMILES string of the molecule is C=CC(=C)/C(C=C)=C\NCc1ccccc1. The van der Waals surface area contributed by atoms with Crippen LogP contribution in [0.2, 0.25) is 0 Å². The second kappa shape index (κ2) is 6.46. The minimum absolute atomic E-state index is 0.794. The number of benzene rings is 1. The number of rotatable bonds is 6. The normalized spacial score (nSPS) is 10.6. The molecule has 1 rings (SSSR count). The van der Waals surface area contributed by atoms with Crippen LogP contribution in [0.15, 0.2) is 79.6 Å². The summed E-state index contributed by atoms with van der Waals surface area (Å²) in [4.78, 5) is 0. The summed E-state index contributed by atoms with van der Waals surface area (Å²) in [6.07, 6.45) is 5.39. The maximum absolute atomic E-state index is 3.87. The number of nitrogens with one attached hydrogen (secondary N) is 1. The molecule has 0 aliphatic rings. The zero-order valence-electron chi connectivity index (χ0n) is 9.45. The number of hydrogen-bond donors (Lipinski definition) is 1. The predicted molar refractivity (Wildman–Crippen MR) is 70.9 cm³/mol. The molecule has 0 saturated heterocycles. The molecule has 1 heteroatoms. The molecule has 0 aromatic heterocycles. The molecule has 1 N–H and O–H groups in total. The molecule has 1 nitrogen and oxygen atoms in total. The van der Waals surface area contributed by atoms with Gasteiger partial charge in [-0.3, -0.25) is 0 Å². The Morgan fingerprint density at radius 2 is 1.81 bits per heavy atom. The molecule has 0 fully saturated rings. The lowest BCUT2D eigenvalue weighted by Gasteiger charge is -2.04. The smallest absolute Gasteiger partial charge is 0.0395 e. The van der Waals surface area contributed by atoms with Gasteiger partial charge in [-0.05, 0) is 16.7 Å². The summed E-state index contributed by atoms with van der Waals surface area (Å²) in [5.41, 5.74) is 3.08. The highest BCUT2D eigenvalue weighted by Gasteiger charge is 1.93. The van der Waals surface area contributed by atoms with E-state index in [1.807, 2.05) is 24.4 Å². The molecule has 0 bridgehead atoms. The quantitative estimate of drug-likeness (QED) is 0.709. The summed E-state index contributed by atoms with van der Waals surface area (Å²) in [6.45, 7) is 12.1. The molecule has 1 aromatic rings. The van der Waals surface area contributed by atoms with Crippen molar-refractivity contribution < 1.29 is 0 Å². The van der Waals surface area contributed by atoms with Gasteiger partial charge in [-0.1, -0.05) is 62.2 Å². The Morgan fingerprint density at radius 1 is 1.12 bits per heavy atom. The molecular formula is C15H17N. The molecule has 0 heterocycles. The predicted octanol–water partition coefficient (Wildman–Crippen LogP) is 3.59. The van der Waals surface area contributed by atoms with Crippen molar-refractivity contribution in [2.45, 2.75) is 6.54 Å². The first-order valence-corrected chi connectivity index (χ1v) is 5.19. The fourth-order valence-electron chi connectivity index (χ4n) is 1.28. The summed E-state index contributed by atoms with van der Waals surface area (Å²) in [5, 5.41) is 3.23. The molecule has 1 aromatic carbocycles. The van der Waals surface area contributed by atoms with Crippen LogP contribution in [0.5, 0.6) is 0 Å². The average molecular weight is 211 g/mol. The van der Waals surface area contributed by atoms with Gasteiger partial charge in [0.05, 0.1) is 0 Å². The van der Waals surface area contributed by atoms with Crippen LogP contribution in [0.25, 0.3) is 0 Å². The number of allylic oxidation sites excluding steroid dienone is 4. The van der Waals surface area contributed by atoms with Crippen LogP contribution < -0.4 is 5.32 Å². The Labute approximate surface area is 97.5 Å². The standard InChI is InChI=1S/C15H17N/c1-4-13(3)15(5-2)12-16-11-14-9-7-6-8-10-14/h4-10,12,16H,1-3,11H2/b15-12-. The Kier molecular flexibility index (Phi) is 4.87. The minimum Gasteiger partial charge on any atom is -0.386 e. The summed E-state index contributed by atoms with van der Waals surface area (Å²) < 4.78 is 0. The molecule has 0 aliphatic heterocycles. The van der Waals surface area contributed by atoms with Crippen molar-refractivity contribution in [3.8, 4) is 0 Å². The third kappa shape index (κ3) is 3.62. The first kappa shape index (κ1) is 12.1. The Hall–Kier alpha value is -2.02. The third-order valence-corrected chi connectivity index (χ3v) is 2.24. The lowest BCUT2D eigenvalue weighted by Crippen LogP contribution is -2.05. The zero-order valence-corrected chi connectivity index (χ0v) is 9.45. The van der Waals surface area contributed by atoms with Crippen LogP contribution in [-0.2, 0) is 6.54 Å². The van der Waals surface area contributed by atoms with Gasteiger partial charge in [0, 0.05) is 12.7 Å². The Bertz CT molecular complexity index is 399. The highest BCUT2D eigenvalue weighted by molar-refractivity contribution is 5.42. The Balaban J connectivity index is 2.56. The lowest BCUT2D eigenvalue weighted by atomic mass is 10.1. The molecular weight excluding hydrogens is 194 g/mol. The van der Waals surface area contributed by atoms with Crippen LogP contribution in [0.1, 0.15) is 5.56 Å². The second-order valence-corrected chi connectivity index (χ2v) is 3.40. The summed E-state index contributed by atoms with van der Waals surface area (Å²) >= 11 is 0. The van der Waals surface area contributed by atoms with Crippen molar-refractivity contribution in [3.63, 3.8) is 0 Å². The number of hydrogen-bond acceptors (Lipinski definition) is 1. The van der Waals surface area contributed by atoms with E-state index >= 15 is 0 Å². The zero-order chi connectivity index (χ0) is 11.8. The topological polar surface area (TPSA) is 12.0 Å². The summed E-state index contributed by atoms with van der Waals surface area (Å²) in [6, 6.07) is 10.2. The van der Waals surface area contributed by atoms with Crippen molar-refractivity contribution in [2.75, 3.05) is 0 Å². The van der Waals surface area contributed by atoms with Gasteiger partial charge in [0.15, 0.2) is 0 Å². The Morgan fingerprint density at radius 3 is 2.38 bits per heavy atom. The minimum atomic E-state index is 0.794. The van der Waals surface area contributed by atoms with E-state index in [2.05, 4.69) is 37.2 Å². The van der Waals surface area contributed by atoms with Crippen LogP contribution in [0.3, 0.4) is 0 Å². The van der Waals surface area contributed by atoms with Crippen LogP contribution in [-0.4, -0.2) is 0 Å². The van der Waals surface area contributed by atoms with Gasteiger partial charge < -0.3 is 5.32 Å². The van der Waals surface area contributed by atoms with Crippen LogP contribution in [0, 0.1) is 0 Å². The van der Waals surface area contributed by atoms with E-state index in [4.69, 9.17) is 0 Å². The van der Waals surface area contributed by atoms with E-state index in [9.17, 15) is 0 Å². The van der Waals surface area contributed by atoms with E-state index < -0.39 is 0 Å². The first-order valence-electron chi connectivity index (χ1n) is 5.19. The molecule has 0 radical (unpaired) electrons. The molecule has 82 valence electrons. The lowest BCUT2D eigenvalue weighted by molar-refractivity contribution is 0.865. The molecule has 0 spiro atoms. The fourth-order valence-corrected chi connectivity index (χ4v) is 1.28. The van der Waals surface area contributed by atoms with Gasteiger partial charge in [-0.2, -0.15) is 0 Å². The van der Waals surface area contributed by atoms with E-state index in [-0.39, 0.29) is 0 Å². The van der Waals surface area contributed by atoms with E-state index in [1.54, 1.807) is 12.2 Å². The largest absolute Gasteiger partial charge is 0.386 e. The van der Waals surface area contributed by atoms with Crippen molar-refractivity contribution >= 4 is 0 Å². The van der Waals surface area contributed by atoms with Gasteiger partial charge in [0.2, 0.25) is 0 Å². The molecule has 0 atom stereocenters. The molecule has 0 amide bonds. The third-order valence-electron chi connectivity index (χ3n) is 2.24. The average Bonchev–Trinajstić information content (AvgIpc) is 2.35. The van der Waals surface area contributed by atoms with Gasteiger partial charge in [0.1, 0.15) is 0 Å². The van der Waals surface area contributed by atoms with Gasteiger partial charge in [-0.15, -0.1) is 0 Å². The fraction of sp³-hybridized carbons (Fsp3) is 0.0667. The van der Waals surface area contributed by atoms with E-state index in [0.29, 0.717) is 0 Å². The molecule has 0 saturated carbocycles. The van der Waals surface area contributed by atoms with E-state index in [0.717, 1.165) is 17.7 Å². The van der Waals surface area contributed by atoms with E-state index in [1.165, 1.54) is 5.56 Å². The summed E-state index contributed by atoms with van der Waals surface area (Å²) in [5.74, 6) is 0. The molecule has 0 aliphatic carbocycles. The monoisotopic (exact) mass is 211 g/mol. The van der Waals surface area contributed by atoms with Gasteiger partial charge in [0.25, 0.3) is 0 Å². The maximum Gasteiger partial charge on any atom is 0.0395 e. The molecule has 16 heavy (non-hydrogen) atoms. The van der Waals surface area contributed by atoms with Crippen LogP contribution in [0.4, 0.5) is 0 Å². The van der Waals surface area contributed by atoms with Crippen molar-refractivity contribution in [1.29, 1.82) is 0 Å². The summed E-state index contributed by atoms with van der Waals surface area (Å²) in [7, 11) is 0. The van der Waals surface area contributed by atoms with Gasteiger partial charge >= 0.3 is 0 Å². The maximum atomic E-state index is 3.87. The highest BCUT2D eigenvalue weighted by atomic mass is 14.8. The van der Waals surface area contributed by atoms with Crippen molar-refractivity contribution in [2.24, 2.45) is 0 Å². The first-order chi connectivity index (χ1) is 7.77. The molecule has 0 unspecified atom stereocenters. The van der Waals surface area contributed by atoms with Crippen molar-refractivity contribution in [1.82, 2.24) is 5.32 Å². The van der Waals surface area contributed by atoms with Gasteiger partial charge in [-0.25, -0.2) is 0 Å².